The third-order valence-electron chi connectivity index (χ3n) is 4.07. The number of rotatable bonds is 6. The first-order valence-electron chi connectivity index (χ1n) is 7.49. The van der Waals surface area contributed by atoms with Crippen LogP contribution >= 0.6 is 23.1 Å². The molecule has 1 saturated heterocycles. The van der Waals surface area contributed by atoms with E-state index in [4.69, 9.17) is 0 Å². The van der Waals surface area contributed by atoms with E-state index in [1.54, 1.807) is 23.1 Å². The van der Waals surface area contributed by atoms with Gasteiger partial charge in [0.25, 0.3) is 0 Å². The van der Waals surface area contributed by atoms with Crippen LogP contribution in [0.4, 0.5) is 0 Å². The number of benzene rings is 1. The minimum atomic E-state index is 0.701. The minimum Gasteiger partial charge on any atom is -0.294 e. The molecular formula is C16H21N3S2. The highest BCUT2D eigenvalue weighted by Crippen LogP contribution is 2.26. The van der Waals surface area contributed by atoms with E-state index < -0.39 is 0 Å². The van der Waals surface area contributed by atoms with E-state index in [-0.39, 0.29) is 0 Å². The second-order valence-electron chi connectivity index (χ2n) is 5.46. The molecule has 1 aliphatic rings. The Bertz CT molecular complexity index is 556. The molecule has 0 saturated carbocycles. The summed E-state index contributed by atoms with van der Waals surface area (Å²) < 4.78 is 1.07. The van der Waals surface area contributed by atoms with E-state index in [9.17, 15) is 0 Å². The fourth-order valence-corrected chi connectivity index (χ4v) is 4.31. The molecule has 0 N–H and O–H groups in total. The van der Waals surface area contributed by atoms with Crippen molar-refractivity contribution in [2.45, 2.75) is 42.6 Å². The Labute approximate surface area is 134 Å². The van der Waals surface area contributed by atoms with Gasteiger partial charge in [-0.25, -0.2) is 0 Å². The van der Waals surface area contributed by atoms with Crippen LogP contribution in [-0.2, 0) is 13.0 Å². The maximum atomic E-state index is 4.31. The Balaban J connectivity index is 1.55. The third kappa shape index (κ3) is 4.05. The summed E-state index contributed by atoms with van der Waals surface area (Å²) in [4.78, 5) is 2.59. The van der Waals surface area contributed by atoms with Crippen molar-refractivity contribution in [1.29, 1.82) is 0 Å². The number of likely N-dealkylation sites (tertiary alicyclic amines) is 1. The van der Waals surface area contributed by atoms with Crippen molar-refractivity contribution >= 4 is 23.1 Å². The Hall–Kier alpha value is -0.910. The van der Waals surface area contributed by atoms with E-state index in [0.29, 0.717) is 6.04 Å². The second-order valence-corrected chi connectivity index (χ2v) is 7.57. The Morgan fingerprint density at radius 1 is 1.29 bits per heavy atom. The molecule has 1 aromatic carbocycles. The van der Waals surface area contributed by atoms with Gasteiger partial charge in [0.2, 0.25) is 0 Å². The Morgan fingerprint density at radius 3 is 2.90 bits per heavy atom. The van der Waals surface area contributed by atoms with E-state index in [0.717, 1.165) is 15.9 Å². The Morgan fingerprint density at radius 2 is 2.14 bits per heavy atom. The van der Waals surface area contributed by atoms with Gasteiger partial charge in [-0.2, -0.15) is 0 Å². The molecule has 21 heavy (non-hydrogen) atoms. The van der Waals surface area contributed by atoms with Crippen molar-refractivity contribution in [2.75, 3.05) is 12.8 Å². The zero-order valence-electron chi connectivity index (χ0n) is 12.4. The molecule has 1 fully saturated rings. The lowest BCUT2D eigenvalue weighted by Gasteiger charge is -2.23. The largest absolute Gasteiger partial charge is 0.294 e. The van der Waals surface area contributed by atoms with Crippen LogP contribution in [0.3, 0.4) is 0 Å². The summed E-state index contributed by atoms with van der Waals surface area (Å²) in [7, 11) is 0. The minimum absolute atomic E-state index is 0.701. The second kappa shape index (κ2) is 7.38. The molecule has 0 bridgehead atoms. The molecule has 0 unspecified atom stereocenters. The van der Waals surface area contributed by atoms with Crippen molar-refractivity contribution in [3.8, 4) is 0 Å². The summed E-state index contributed by atoms with van der Waals surface area (Å²) in [5, 5.41) is 9.67. The van der Waals surface area contributed by atoms with Crippen LogP contribution < -0.4 is 0 Å². The maximum absolute atomic E-state index is 4.31. The van der Waals surface area contributed by atoms with Gasteiger partial charge in [-0.3, -0.25) is 4.90 Å². The van der Waals surface area contributed by atoms with Crippen molar-refractivity contribution < 1.29 is 0 Å². The summed E-state index contributed by atoms with van der Waals surface area (Å²) in [5.74, 6) is 0. The molecule has 3 nitrogen and oxygen atoms in total. The highest BCUT2D eigenvalue weighted by molar-refractivity contribution is 8.00. The first kappa shape index (κ1) is 15.0. The summed E-state index contributed by atoms with van der Waals surface area (Å²) in [6.45, 7) is 2.17. The van der Waals surface area contributed by atoms with Crippen LogP contribution in [0, 0.1) is 0 Å². The molecule has 5 heteroatoms. The topological polar surface area (TPSA) is 29.0 Å². The number of hydrogen-bond acceptors (Lipinski definition) is 5. The number of thioether (sulfide) groups is 1. The molecule has 0 radical (unpaired) electrons. The normalized spacial score (nSPS) is 19.2. The average molecular weight is 319 g/mol. The molecule has 1 aliphatic heterocycles. The lowest BCUT2D eigenvalue weighted by atomic mass is 10.0. The first-order valence-corrected chi connectivity index (χ1v) is 9.53. The lowest BCUT2D eigenvalue weighted by molar-refractivity contribution is 0.234. The van der Waals surface area contributed by atoms with E-state index in [1.807, 2.05) is 0 Å². The first-order chi connectivity index (χ1) is 10.3. The van der Waals surface area contributed by atoms with Gasteiger partial charge < -0.3 is 0 Å². The van der Waals surface area contributed by atoms with E-state index >= 15 is 0 Å². The van der Waals surface area contributed by atoms with Gasteiger partial charge in [-0.15, -0.1) is 10.2 Å². The SMILES string of the molecule is CSc1nnc(CN2CCC[C@H]2CCc2ccccc2)s1. The fraction of sp³-hybridized carbons (Fsp3) is 0.500. The van der Waals surface area contributed by atoms with Gasteiger partial charge in [-0.1, -0.05) is 53.4 Å². The van der Waals surface area contributed by atoms with Gasteiger partial charge in [-0.05, 0) is 44.0 Å². The van der Waals surface area contributed by atoms with Gasteiger partial charge in [0.1, 0.15) is 5.01 Å². The predicted molar refractivity (Wildman–Crippen MR) is 89.9 cm³/mol. The van der Waals surface area contributed by atoms with E-state index in [2.05, 4.69) is 51.7 Å². The standard InChI is InChI=1S/C16H21N3S2/c1-20-16-18-17-15(21-16)12-19-11-5-8-14(19)10-9-13-6-3-2-4-7-13/h2-4,6-7,14H,5,8-12H2,1H3/t14-/m0/s1. The molecule has 2 aromatic rings. The fourth-order valence-electron chi connectivity index (χ4n) is 2.97. The lowest BCUT2D eigenvalue weighted by Crippen LogP contribution is -2.29. The number of hydrogen-bond donors (Lipinski definition) is 0. The van der Waals surface area contributed by atoms with Crippen LogP contribution in [0.5, 0.6) is 0 Å². The molecule has 1 atom stereocenters. The molecule has 3 rings (SSSR count). The average Bonchev–Trinajstić information content (AvgIpc) is 3.16. The number of nitrogens with zero attached hydrogens (tertiary/aromatic N) is 3. The third-order valence-corrected chi connectivity index (χ3v) is 5.95. The summed E-state index contributed by atoms with van der Waals surface area (Å²) in [6, 6.07) is 11.5. The molecular weight excluding hydrogens is 298 g/mol. The van der Waals surface area contributed by atoms with Crippen LogP contribution in [0.1, 0.15) is 29.8 Å². The molecule has 0 spiro atoms. The van der Waals surface area contributed by atoms with Crippen molar-refractivity contribution in [2.24, 2.45) is 0 Å². The smallest absolute Gasteiger partial charge is 0.174 e. The van der Waals surface area contributed by atoms with Gasteiger partial charge in [0.05, 0.1) is 6.54 Å². The molecule has 0 amide bonds. The molecule has 0 aliphatic carbocycles. The Kier molecular flexibility index (Phi) is 5.27. The van der Waals surface area contributed by atoms with Crippen molar-refractivity contribution in [3.05, 3.63) is 40.9 Å². The van der Waals surface area contributed by atoms with E-state index in [1.165, 1.54) is 37.8 Å². The summed E-state index contributed by atoms with van der Waals surface area (Å²) >= 11 is 3.42. The molecule has 112 valence electrons. The zero-order chi connectivity index (χ0) is 14.5. The maximum Gasteiger partial charge on any atom is 0.174 e. The summed E-state index contributed by atoms with van der Waals surface area (Å²) in [6.07, 6.45) is 7.11. The molecule has 2 heterocycles. The van der Waals surface area contributed by atoms with Crippen LogP contribution in [0.25, 0.3) is 0 Å². The van der Waals surface area contributed by atoms with Gasteiger partial charge in [0, 0.05) is 6.04 Å². The monoisotopic (exact) mass is 319 g/mol. The zero-order valence-corrected chi connectivity index (χ0v) is 14.0. The predicted octanol–water partition coefficient (Wildman–Crippen LogP) is 3.86. The van der Waals surface area contributed by atoms with Crippen LogP contribution in [0.15, 0.2) is 34.7 Å². The highest BCUT2D eigenvalue weighted by Gasteiger charge is 2.25. The number of aryl methyl sites for hydroxylation is 1. The van der Waals surface area contributed by atoms with Crippen molar-refractivity contribution in [1.82, 2.24) is 15.1 Å². The van der Waals surface area contributed by atoms with Crippen LogP contribution in [0.2, 0.25) is 0 Å². The van der Waals surface area contributed by atoms with Gasteiger partial charge in [0.15, 0.2) is 4.34 Å². The van der Waals surface area contributed by atoms with Crippen molar-refractivity contribution in [3.63, 3.8) is 0 Å². The van der Waals surface area contributed by atoms with Crippen LogP contribution in [-0.4, -0.2) is 33.9 Å². The number of aromatic nitrogens is 2. The summed E-state index contributed by atoms with van der Waals surface area (Å²) in [5.41, 5.74) is 1.45. The molecule has 1 aromatic heterocycles. The highest BCUT2D eigenvalue weighted by atomic mass is 32.2. The quantitative estimate of drug-likeness (QED) is 0.756. The van der Waals surface area contributed by atoms with Gasteiger partial charge >= 0.3 is 0 Å².